The van der Waals surface area contributed by atoms with E-state index in [2.05, 4.69) is 23.7 Å². The van der Waals surface area contributed by atoms with Crippen molar-refractivity contribution in [2.45, 2.75) is 57.6 Å². The third kappa shape index (κ3) is 3.77. The molecule has 1 aliphatic rings. The van der Waals surface area contributed by atoms with Gasteiger partial charge in [-0.15, -0.1) is 0 Å². The van der Waals surface area contributed by atoms with E-state index in [1.165, 1.54) is 25.7 Å². The molecule has 19 heavy (non-hydrogen) atoms. The van der Waals surface area contributed by atoms with Gasteiger partial charge in [0.1, 0.15) is 0 Å². The maximum atomic E-state index is 10.6. The number of rotatable bonds is 4. The minimum absolute atomic E-state index is 0.166. The van der Waals surface area contributed by atoms with E-state index < -0.39 is 0 Å². The molecule has 1 aromatic heterocycles. The first-order valence-electron chi connectivity index (χ1n) is 7.43. The Morgan fingerprint density at radius 2 is 1.95 bits per heavy atom. The van der Waals surface area contributed by atoms with E-state index in [0.717, 1.165) is 18.7 Å². The summed E-state index contributed by atoms with van der Waals surface area (Å²) in [6, 6.07) is 3.97. The maximum absolute atomic E-state index is 10.6. The average Bonchev–Trinajstić information content (AvgIpc) is 2.69. The predicted molar refractivity (Wildman–Crippen MR) is 78.1 cm³/mol. The summed E-state index contributed by atoms with van der Waals surface area (Å²) in [6.45, 7) is 6.55. The lowest BCUT2D eigenvalue weighted by atomic mass is 9.90. The summed E-state index contributed by atoms with van der Waals surface area (Å²) in [5.74, 6) is 0. The van der Waals surface area contributed by atoms with Crippen molar-refractivity contribution in [1.82, 2.24) is 9.88 Å². The molecule has 1 fully saturated rings. The zero-order valence-corrected chi connectivity index (χ0v) is 12.2. The van der Waals surface area contributed by atoms with Crippen molar-refractivity contribution >= 4 is 0 Å². The molecule has 0 aromatic carbocycles. The van der Waals surface area contributed by atoms with Gasteiger partial charge in [-0.2, -0.15) is 0 Å². The number of aliphatic hydroxyl groups excluding tert-OH is 1. The van der Waals surface area contributed by atoms with E-state index in [0.29, 0.717) is 6.42 Å². The van der Waals surface area contributed by atoms with E-state index >= 15 is 0 Å². The molecule has 0 saturated carbocycles. The molecule has 2 heterocycles. The van der Waals surface area contributed by atoms with E-state index in [1.54, 1.807) is 6.20 Å². The van der Waals surface area contributed by atoms with Gasteiger partial charge in [-0.05, 0) is 51.4 Å². The minimum Gasteiger partial charge on any atom is -0.391 e. The quantitative estimate of drug-likeness (QED) is 0.906. The lowest BCUT2D eigenvalue weighted by molar-refractivity contribution is -0.00789. The van der Waals surface area contributed by atoms with Crippen LogP contribution in [0.3, 0.4) is 0 Å². The summed E-state index contributed by atoms with van der Waals surface area (Å²) in [6.07, 6.45) is 9.10. The van der Waals surface area contributed by atoms with Crippen LogP contribution in [0.5, 0.6) is 0 Å². The molecule has 2 rings (SSSR count). The monoisotopic (exact) mass is 262 g/mol. The van der Waals surface area contributed by atoms with Gasteiger partial charge in [-0.25, -0.2) is 0 Å². The average molecular weight is 262 g/mol. The molecule has 3 heteroatoms. The summed E-state index contributed by atoms with van der Waals surface area (Å²) < 4.78 is 0. The van der Waals surface area contributed by atoms with Crippen LogP contribution in [0.2, 0.25) is 0 Å². The van der Waals surface area contributed by atoms with Crippen LogP contribution in [-0.2, 0) is 6.42 Å². The van der Waals surface area contributed by atoms with Crippen LogP contribution in [0.4, 0.5) is 0 Å². The highest BCUT2D eigenvalue weighted by Crippen LogP contribution is 2.25. The van der Waals surface area contributed by atoms with E-state index in [1.807, 2.05) is 18.3 Å². The molecule has 0 spiro atoms. The normalized spacial score (nSPS) is 19.9. The van der Waals surface area contributed by atoms with Crippen molar-refractivity contribution in [2.75, 3.05) is 13.1 Å². The molecule has 1 unspecified atom stereocenters. The SMILES string of the molecule is CC(C)(C(O)Cc1cccnc1)N1CCCCCC1. The first-order chi connectivity index (χ1) is 9.10. The molecular formula is C16H26N2O. The zero-order chi connectivity index (χ0) is 13.7. The first-order valence-corrected chi connectivity index (χ1v) is 7.43. The summed E-state index contributed by atoms with van der Waals surface area (Å²) in [5, 5.41) is 10.6. The largest absolute Gasteiger partial charge is 0.391 e. The molecule has 0 radical (unpaired) electrons. The molecule has 0 bridgehead atoms. The van der Waals surface area contributed by atoms with Gasteiger partial charge < -0.3 is 5.11 Å². The Kier molecular flexibility index (Phi) is 4.94. The van der Waals surface area contributed by atoms with Crippen molar-refractivity contribution < 1.29 is 5.11 Å². The molecule has 3 nitrogen and oxygen atoms in total. The van der Waals surface area contributed by atoms with Gasteiger partial charge in [0.15, 0.2) is 0 Å². The molecule has 1 aliphatic heterocycles. The van der Waals surface area contributed by atoms with Gasteiger partial charge in [-0.3, -0.25) is 9.88 Å². The molecule has 1 aromatic rings. The van der Waals surface area contributed by atoms with Gasteiger partial charge in [0.05, 0.1) is 6.10 Å². The Labute approximate surface area is 116 Å². The van der Waals surface area contributed by atoms with Crippen molar-refractivity contribution in [2.24, 2.45) is 0 Å². The fourth-order valence-electron chi connectivity index (χ4n) is 2.85. The number of hydrogen-bond donors (Lipinski definition) is 1. The van der Waals surface area contributed by atoms with Crippen LogP contribution >= 0.6 is 0 Å². The smallest absolute Gasteiger partial charge is 0.0759 e. The Morgan fingerprint density at radius 1 is 1.26 bits per heavy atom. The molecule has 1 atom stereocenters. The third-order valence-electron chi connectivity index (χ3n) is 4.39. The Balaban J connectivity index is 2.00. The fourth-order valence-corrected chi connectivity index (χ4v) is 2.85. The number of nitrogens with zero attached hydrogens (tertiary/aromatic N) is 2. The highest BCUT2D eigenvalue weighted by atomic mass is 16.3. The number of pyridine rings is 1. The van der Waals surface area contributed by atoms with Crippen LogP contribution in [0.15, 0.2) is 24.5 Å². The van der Waals surface area contributed by atoms with Crippen molar-refractivity contribution in [3.8, 4) is 0 Å². The molecular weight excluding hydrogens is 236 g/mol. The van der Waals surface area contributed by atoms with Crippen LogP contribution < -0.4 is 0 Å². The van der Waals surface area contributed by atoms with Crippen LogP contribution in [-0.4, -0.2) is 39.7 Å². The Bertz CT molecular complexity index is 370. The highest BCUT2D eigenvalue weighted by Gasteiger charge is 2.34. The summed E-state index contributed by atoms with van der Waals surface area (Å²) in [7, 11) is 0. The second-order valence-corrected chi connectivity index (χ2v) is 6.14. The van der Waals surface area contributed by atoms with Gasteiger partial charge in [0, 0.05) is 24.4 Å². The van der Waals surface area contributed by atoms with E-state index in [4.69, 9.17) is 0 Å². The van der Waals surface area contributed by atoms with Crippen LogP contribution in [0, 0.1) is 0 Å². The second-order valence-electron chi connectivity index (χ2n) is 6.14. The molecule has 1 saturated heterocycles. The molecule has 1 N–H and O–H groups in total. The van der Waals surface area contributed by atoms with E-state index in [9.17, 15) is 5.11 Å². The van der Waals surface area contributed by atoms with Crippen LogP contribution in [0.25, 0.3) is 0 Å². The minimum atomic E-state index is -0.352. The van der Waals surface area contributed by atoms with Gasteiger partial charge in [0.25, 0.3) is 0 Å². The van der Waals surface area contributed by atoms with Gasteiger partial charge in [-0.1, -0.05) is 18.9 Å². The van der Waals surface area contributed by atoms with Crippen molar-refractivity contribution in [3.05, 3.63) is 30.1 Å². The molecule has 106 valence electrons. The van der Waals surface area contributed by atoms with Crippen LogP contribution in [0.1, 0.15) is 45.1 Å². The standard InChI is InChI=1S/C16H26N2O/c1-16(2,18-10-5-3-4-6-11-18)15(19)12-14-8-7-9-17-13-14/h7-9,13,15,19H,3-6,10-12H2,1-2H3. The fraction of sp³-hybridized carbons (Fsp3) is 0.688. The number of aliphatic hydroxyl groups is 1. The Hall–Kier alpha value is -0.930. The molecule has 0 amide bonds. The van der Waals surface area contributed by atoms with Gasteiger partial charge >= 0.3 is 0 Å². The van der Waals surface area contributed by atoms with Crippen molar-refractivity contribution in [3.63, 3.8) is 0 Å². The maximum Gasteiger partial charge on any atom is 0.0759 e. The second kappa shape index (κ2) is 6.49. The number of likely N-dealkylation sites (tertiary alicyclic amines) is 1. The lowest BCUT2D eigenvalue weighted by Gasteiger charge is -2.41. The third-order valence-corrected chi connectivity index (χ3v) is 4.39. The van der Waals surface area contributed by atoms with Gasteiger partial charge in [0.2, 0.25) is 0 Å². The number of aromatic nitrogens is 1. The summed E-state index contributed by atoms with van der Waals surface area (Å²) in [4.78, 5) is 6.58. The predicted octanol–water partition coefficient (Wildman–Crippen LogP) is 2.64. The summed E-state index contributed by atoms with van der Waals surface area (Å²) >= 11 is 0. The Morgan fingerprint density at radius 3 is 2.53 bits per heavy atom. The van der Waals surface area contributed by atoms with Crippen molar-refractivity contribution in [1.29, 1.82) is 0 Å². The highest BCUT2D eigenvalue weighted by molar-refractivity contribution is 5.11. The first kappa shape index (κ1) is 14.5. The summed E-state index contributed by atoms with van der Waals surface area (Å²) in [5.41, 5.74) is 0.943. The van der Waals surface area contributed by atoms with E-state index in [-0.39, 0.29) is 11.6 Å². The number of hydrogen-bond acceptors (Lipinski definition) is 3. The topological polar surface area (TPSA) is 36.4 Å². The zero-order valence-electron chi connectivity index (χ0n) is 12.2. The lowest BCUT2D eigenvalue weighted by Crippen LogP contribution is -2.53. The molecule has 0 aliphatic carbocycles.